The molecule has 0 bridgehead atoms. The zero-order chi connectivity index (χ0) is 14.0. The van der Waals surface area contributed by atoms with Crippen LogP contribution in [0.1, 0.15) is 12.5 Å². The maximum Gasteiger partial charge on any atom is 0.134 e. The van der Waals surface area contributed by atoms with Gasteiger partial charge in [-0.1, -0.05) is 23.7 Å². The summed E-state index contributed by atoms with van der Waals surface area (Å²) in [7, 11) is 5.85. The van der Waals surface area contributed by atoms with Crippen LogP contribution in [0.4, 0.5) is 0 Å². The molecule has 0 saturated carbocycles. The molecule has 1 aromatic rings. The van der Waals surface area contributed by atoms with Crippen molar-refractivity contribution in [1.82, 2.24) is 10.2 Å². The summed E-state index contributed by atoms with van der Waals surface area (Å²) in [5.74, 6) is 0.890. The molecule has 0 aromatic heterocycles. The van der Waals surface area contributed by atoms with Crippen LogP contribution in [0.25, 0.3) is 5.57 Å². The Morgan fingerprint density at radius 2 is 2.05 bits per heavy atom. The van der Waals surface area contributed by atoms with Crippen molar-refractivity contribution < 1.29 is 0 Å². The topological polar surface area (TPSA) is 27.6 Å². The number of hydrogen-bond acceptors (Lipinski definition) is 2. The maximum absolute atomic E-state index is 6.08. The van der Waals surface area contributed by atoms with Crippen molar-refractivity contribution in [2.45, 2.75) is 6.92 Å². The van der Waals surface area contributed by atoms with Gasteiger partial charge in [-0.25, -0.2) is 0 Å². The average Bonchev–Trinajstić information content (AvgIpc) is 2.81. The van der Waals surface area contributed by atoms with Gasteiger partial charge in [-0.3, -0.25) is 4.99 Å². The van der Waals surface area contributed by atoms with Gasteiger partial charge in [-0.2, -0.15) is 0 Å². The lowest BCUT2D eigenvalue weighted by Crippen LogP contribution is -2.19. The summed E-state index contributed by atoms with van der Waals surface area (Å²) in [4.78, 5) is 6.40. The molecule has 0 saturated heterocycles. The smallest absolute Gasteiger partial charge is 0.134 e. The van der Waals surface area contributed by atoms with E-state index in [4.69, 9.17) is 11.6 Å². The Kier molecular flexibility index (Phi) is 3.96. The van der Waals surface area contributed by atoms with Crippen LogP contribution in [0.5, 0.6) is 0 Å². The van der Waals surface area contributed by atoms with Crippen molar-refractivity contribution >= 4 is 23.0 Å². The molecule has 0 aliphatic carbocycles. The number of rotatable bonds is 2. The first-order chi connectivity index (χ1) is 9.04. The highest BCUT2D eigenvalue weighted by Gasteiger charge is 2.22. The molecule has 2 rings (SSSR count). The van der Waals surface area contributed by atoms with Crippen molar-refractivity contribution in [3.63, 3.8) is 0 Å². The zero-order valence-corrected chi connectivity index (χ0v) is 12.4. The molecule has 100 valence electrons. The van der Waals surface area contributed by atoms with Crippen molar-refractivity contribution in [2.75, 3.05) is 21.1 Å². The fourth-order valence-corrected chi connectivity index (χ4v) is 2.25. The Hall–Kier alpha value is -1.74. The lowest BCUT2D eigenvalue weighted by atomic mass is 9.98. The summed E-state index contributed by atoms with van der Waals surface area (Å²) >= 11 is 6.08. The Balaban J connectivity index is 2.55. The van der Waals surface area contributed by atoms with Gasteiger partial charge < -0.3 is 10.2 Å². The van der Waals surface area contributed by atoms with E-state index in [1.807, 2.05) is 38.5 Å². The first kappa shape index (κ1) is 13.7. The lowest BCUT2D eigenvalue weighted by molar-refractivity contribution is 0.512. The fraction of sp³-hybridized carbons (Fsp3) is 0.267. The van der Waals surface area contributed by atoms with Gasteiger partial charge in [-0.15, -0.1) is 0 Å². The van der Waals surface area contributed by atoms with Crippen LogP contribution >= 0.6 is 11.6 Å². The Morgan fingerprint density at radius 1 is 1.32 bits per heavy atom. The van der Waals surface area contributed by atoms with E-state index in [-0.39, 0.29) is 0 Å². The molecule has 0 radical (unpaired) electrons. The molecular weight excluding hydrogens is 258 g/mol. The zero-order valence-electron chi connectivity index (χ0n) is 11.7. The largest absolute Gasteiger partial charge is 0.381 e. The normalized spacial score (nSPS) is 19.2. The van der Waals surface area contributed by atoms with Gasteiger partial charge in [0.25, 0.3) is 0 Å². The Labute approximate surface area is 119 Å². The van der Waals surface area contributed by atoms with E-state index >= 15 is 0 Å². The van der Waals surface area contributed by atoms with E-state index in [9.17, 15) is 0 Å². The van der Waals surface area contributed by atoms with Crippen LogP contribution in [-0.2, 0) is 0 Å². The highest BCUT2D eigenvalue weighted by molar-refractivity contribution is 6.31. The second kappa shape index (κ2) is 5.49. The molecule has 1 aromatic carbocycles. The van der Waals surface area contributed by atoms with Crippen molar-refractivity contribution in [2.24, 2.45) is 4.99 Å². The van der Waals surface area contributed by atoms with E-state index < -0.39 is 0 Å². The summed E-state index contributed by atoms with van der Waals surface area (Å²) in [6.45, 7) is 2.09. The number of hydrogen-bond donors (Lipinski definition) is 1. The second-order valence-corrected chi connectivity index (χ2v) is 5.08. The second-order valence-electron chi connectivity index (χ2n) is 4.64. The van der Waals surface area contributed by atoms with Crippen molar-refractivity contribution in [3.8, 4) is 0 Å². The Bertz CT molecular complexity index is 583. The highest BCUT2D eigenvalue weighted by atomic mass is 35.5. The number of halogens is 1. The summed E-state index contributed by atoms with van der Waals surface area (Å²) in [5.41, 5.74) is 4.50. The summed E-state index contributed by atoms with van der Waals surface area (Å²) in [5, 5.41) is 3.96. The number of amidine groups is 1. The third-order valence-electron chi connectivity index (χ3n) is 3.25. The standard InChI is InChI=1S/C15H18ClN3/c1-10(19(3)4)14-13(9-18-15(14)17-2)11-6-5-7-12(16)8-11/h5-9H,1-4H3,(H,17,18)/b14-10+. The number of benzene rings is 1. The minimum atomic E-state index is 0.738. The summed E-state index contributed by atoms with van der Waals surface area (Å²) < 4.78 is 0. The van der Waals surface area contributed by atoms with E-state index in [1.165, 1.54) is 0 Å². The van der Waals surface area contributed by atoms with E-state index in [1.54, 1.807) is 7.05 Å². The molecule has 4 heteroatoms. The van der Waals surface area contributed by atoms with Crippen molar-refractivity contribution in [3.05, 3.63) is 52.3 Å². The SMILES string of the molecule is CN=C1NC=C(c2cccc(Cl)c2)/C1=C(/C)N(C)C. The van der Waals surface area contributed by atoms with Crippen LogP contribution in [0.3, 0.4) is 0 Å². The minimum absolute atomic E-state index is 0.738. The number of nitrogens with zero attached hydrogens (tertiary/aromatic N) is 2. The minimum Gasteiger partial charge on any atom is -0.381 e. The maximum atomic E-state index is 6.08. The molecule has 3 nitrogen and oxygen atoms in total. The molecular formula is C15H18ClN3. The molecule has 0 atom stereocenters. The summed E-state index contributed by atoms with van der Waals surface area (Å²) in [6.07, 6.45) is 1.98. The quantitative estimate of drug-likeness (QED) is 0.898. The lowest BCUT2D eigenvalue weighted by Gasteiger charge is -2.18. The molecule has 1 heterocycles. The van der Waals surface area contributed by atoms with E-state index in [0.717, 1.165) is 33.3 Å². The van der Waals surface area contributed by atoms with Gasteiger partial charge in [0.2, 0.25) is 0 Å². The third-order valence-corrected chi connectivity index (χ3v) is 3.49. The van der Waals surface area contributed by atoms with Crippen molar-refractivity contribution in [1.29, 1.82) is 0 Å². The first-order valence-electron chi connectivity index (χ1n) is 6.13. The molecule has 1 aliphatic heterocycles. The fourth-order valence-electron chi connectivity index (χ4n) is 2.06. The Morgan fingerprint density at radius 3 is 2.63 bits per heavy atom. The van der Waals surface area contributed by atoms with Crippen LogP contribution < -0.4 is 5.32 Å². The first-order valence-corrected chi connectivity index (χ1v) is 6.50. The van der Waals surface area contributed by atoms with E-state index in [0.29, 0.717) is 0 Å². The highest BCUT2D eigenvalue weighted by Crippen LogP contribution is 2.31. The predicted molar refractivity (Wildman–Crippen MR) is 82.3 cm³/mol. The molecule has 0 spiro atoms. The molecule has 0 fully saturated rings. The molecule has 19 heavy (non-hydrogen) atoms. The number of nitrogens with one attached hydrogen (secondary N) is 1. The van der Waals surface area contributed by atoms with Gasteiger partial charge in [0.15, 0.2) is 0 Å². The predicted octanol–water partition coefficient (Wildman–Crippen LogP) is 3.15. The number of allylic oxidation sites excluding steroid dienone is 1. The molecule has 1 N–H and O–H groups in total. The van der Waals surface area contributed by atoms with Gasteiger partial charge in [-0.05, 0) is 24.6 Å². The molecule has 0 amide bonds. The third kappa shape index (κ3) is 2.66. The van der Waals surface area contributed by atoms with Crippen LogP contribution in [0.2, 0.25) is 5.02 Å². The summed E-state index contributed by atoms with van der Waals surface area (Å²) in [6, 6.07) is 7.87. The molecule has 1 aliphatic rings. The van der Waals surface area contributed by atoms with E-state index in [2.05, 4.69) is 28.2 Å². The average molecular weight is 276 g/mol. The van der Waals surface area contributed by atoms with Crippen LogP contribution in [0.15, 0.2) is 46.7 Å². The monoisotopic (exact) mass is 275 g/mol. The van der Waals surface area contributed by atoms with Crippen LogP contribution in [-0.4, -0.2) is 31.9 Å². The van der Waals surface area contributed by atoms with Crippen LogP contribution in [0, 0.1) is 0 Å². The van der Waals surface area contributed by atoms with Gasteiger partial charge >= 0.3 is 0 Å². The number of aliphatic imine (C=N–C) groups is 1. The van der Waals surface area contributed by atoms with Gasteiger partial charge in [0.05, 0.1) is 0 Å². The van der Waals surface area contributed by atoms with Gasteiger partial charge in [0, 0.05) is 49.2 Å². The molecule has 0 unspecified atom stereocenters. The van der Waals surface area contributed by atoms with Gasteiger partial charge in [0.1, 0.15) is 5.84 Å².